The van der Waals surface area contributed by atoms with E-state index in [-0.39, 0.29) is 6.04 Å². The Morgan fingerprint density at radius 2 is 1.71 bits per heavy atom. The van der Waals surface area contributed by atoms with Gasteiger partial charge < -0.3 is 5.73 Å². The summed E-state index contributed by atoms with van der Waals surface area (Å²) in [6.07, 6.45) is 10.1. The van der Waals surface area contributed by atoms with Crippen molar-refractivity contribution in [2.24, 2.45) is 5.73 Å². The zero-order chi connectivity index (χ0) is 14.2. The highest BCUT2D eigenvalue weighted by Crippen LogP contribution is 2.33. The number of fused-ring (bicyclic) bond motifs is 2. The molecule has 0 saturated carbocycles. The highest BCUT2D eigenvalue weighted by molar-refractivity contribution is 7.12. The zero-order valence-electron chi connectivity index (χ0n) is 12.5. The molecular formula is C19H23NS. The lowest BCUT2D eigenvalue weighted by Crippen LogP contribution is -2.12. The number of hydrogen-bond acceptors (Lipinski definition) is 2. The van der Waals surface area contributed by atoms with Crippen molar-refractivity contribution in [3.63, 3.8) is 0 Å². The molecule has 1 nitrogen and oxygen atoms in total. The van der Waals surface area contributed by atoms with Gasteiger partial charge in [-0.15, -0.1) is 11.3 Å². The van der Waals surface area contributed by atoms with Gasteiger partial charge in [0.25, 0.3) is 0 Å². The summed E-state index contributed by atoms with van der Waals surface area (Å²) >= 11 is 1.96. The fourth-order valence-electron chi connectivity index (χ4n) is 3.80. The Morgan fingerprint density at radius 1 is 0.905 bits per heavy atom. The Hall–Kier alpha value is -1.12. The second kappa shape index (κ2) is 5.58. The first-order valence-electron chi connectivity index (χ1n) is 8.27. The topological polar surface area (TPSA) is 26.0 Å². The quantitative estimate of drug-likeness (QED) is 0.895. The van der Waals surface area contributed by atoms with Gasteiger partial charge in [-0.25, -0.2) is 0 Å². The second-order valence-electron chi connectivity index (χ2n) is 6.57. The van der Waals surface area contributed by atoms with Crippen molar-refractivity contribution in [3.05, 3.63) is 56.3 Å². The Bertz CT molecular complexity index is 632. The van der Waals surface area contributed by atoms with Crippen LogP contribution in [0.1, 0.15) is 57.3 Å². The maximum absolute atomic E-state index is 6.49. The number of thiophene rings is 1. The first-order valence-corrected chi connectivity index (χ1v) is 9.09. The van der Waals surface area contributed by atoms with Crippen molar-refractivity contribution < 1.29 is 0 Å². The van der Waals surface area contributed by atoms with Crippen molar-refractivity contribution in [2.45, 2.75) is 57.4 Å². The van der Waals surface area contributed by atoms with Gasteiger partial charge in [0.15, 0.2) is 0 Å². The monoisotopic (exact) mass is 297 g/mol. The average Bonchev–Trinajstić information content (AvgIpc) is 3.13. The second-order valence-corrected chi connectivity index (χ2v) is 7.74. The maximum atomic E-state index is 6.49. The summed E-state index contributed by atoms with van der Waals surface area (Å²) in [4.78, 5) is 2.99. The van der Waals surface area contributed by atoms with Gasteiger partial charge in [-0.1, -0.05) is 18.2 Å². The van der Waals surface area contributed by atoms with Crippen LogP contribution in [0.4, 0.5) is 0 Å². The van der Waals surface area contributed by atoms with Crippen LogP contribution in [0.5, 0.6) is 0 Å². The maximum Gasteiger partial charge on any atom is 0.0430 e. The third kappa shape index (κ3) is 2.67. The molecule has 0 saturated heterocycles. The van der Waals surface area contributed by atoms with E-state index in [4.69, 9.17) is 5.73 Å². The highest BCUT2D eigenvalue weighted by Gasteiger charge is 2.18. The minimum absolute atomic E-state index is 0.167. The molecule has 0 amide bonds. The molecule has 1 aromatic carbocycles. The fourth-order valence-corrected chi connectivity index (χ4v) is 5.06. The van der Waals surface area contributed by atoms with Gasteiger partial charge in [-0.3, -0.25) is 0 Å². The number of benzene rings is 1. The lowest BCUT2D eigenvalue weighted by atomic mass is 9.97. The van der Waals surface area contributed by atoms with Crippen LogP contribution >= 0.6 is 11.3 Å². The molecule has 0 radical (unpaired) electrons. The lowest BCUT2D eigenvalue weighted by molar-refractivity contribution is 0.695. The van der Waals surface area contributed by atoms with Crippen LogP contribution in [0.2, 0.25) is 0 Å². The molecule has 2 aromatic rings. The molecule has 0 fully saturated rings. The van der Waals surface area contributed by atoms with Gasteiger partial charge >= 0.3 is 0 Å². The van der Waals surface area contributed by atoms with E-state index in [0.29, 0.717) is 0 Å². The molecule has 1 atom stereocenters. The molecule has 2 aliphatic rings. The minimum Gasteiger partial charge on any atom is -0.323 e. The molecule has 2 N–H and O–H groups in total. The van der Waals surface area contributed by atoms with E-state index in [1.54, 1.807) is 21.6 Å². The molecule has 0 bridgehead atoms. The minimum atomic E-state index is 0.167. The third-order valence-electron chi connectivity index (χ3n) is 5.00. The van der Waals surface area contributed by atoms with Crippen LogP contribution in [0.3, 0.4) is 0 Å². The van der Waals surface area contributed by atoms with Crippen molar-refractivity contribution >= 4 is 11.3 Å². The van der Waals surface area contributed by atoms with Gasteiger partial charge in [-0.2, -0.15) is 0 Å². The van der Waals surface area contributed by atoms with Gasteiger partial charge in [-0.05, 0) is 79.7 Å². The Labute approximate surface area is 131 Å². The standard InChI is InChI=1S/C19H23NS/c20-17(19-12-16-4-1-2-7-18(16)21-19)11-13-8-9-14-5-3-6-15(14)10-13/h8-10,12,17H,1-7,11,20H2. The lowest BCUT2D eigenvalue weighted by Gasteiger charge is -2.11. The highest BCUT2D eigenvalue weighted by atomic mass is 32.1. The molecule has 2 aliphatic carbocycles. The van der Waals surface area contributed by atoms with Gasteiger partial charge in [0, 0.05) is 15.8 Å². The van der Waals surface area contributed by atoms with Crippen molar-refractivity contribution in [1.82, 2.24) is 0 Å². The van der Waals surface area contributed by atoms with Crippen molar-refractivity contribution in [1.29, 1.82) is 0 Å². The van der Waals surface area contributed by atoms with E-state index in [1.807, 2.05) is 11.3 Å². The Kier molecular flexibility index (Phi) is 3.60. The summed E-state index contributed by atoms with van der Waals surface area (Å²) in [5, 5.41) is 0. The van der Waals surface area contributed by atoms with Crippen LogP contribution in [0.15, 0.2) is 24.3 Å². The average molecular weight is 297 g/mol. The smallest absolute Gasteiger partial charge is 0.0430 e. The molecule has 0 aliphatic heterocycles. The van der Waals surface area contributed by atoms with Gasteiger partial charge in [0.05, 0.1) is 0 Å². The molecular weight excluding hydrogens is 274 g/mol. The van der Waals surface area contributed by atoms with Crippen LogP contribution < -0.4 is 5.73 Å². The van der Waals surface area contributed by atoms with Crippen LogP contribution in [-0.4, -0.2) is 0 Å². The van der Waals surface area contributed by atoms with E-state index >= 15 is 0 Å². The number of rotatable bonds is 3. The summed E-state index contributed by atoms with van der Waals surface area (Å²) in [6, 6.07) is 9.56. The van der Waals surface area contributed by atoms with Crippen LogP contribution in [0, 0.1) is 0 Å². The Morgan fingerprint density at radius 3 is 2.62 bits per heavy atom. The van der Waals surface area contributed by atoms with E-state index in [9.17, 15) is 0 Å². The van der Waals surface area contributed by atoms with E-state index in [2.05, 4.69) is 24.3 Å². The number of nitrogens with two attached hydrogens (primary N) is 1. The predicted molar refractivity (Wildman–Crippen MR) is 90.1 cm³/mol. The summed E-state index contributed by atoms with van der Waals surface area (Å²) < 4.78 is 0. The summed E-state index contributed by atoms with van der Waals surface area (Å²) in [5.74, 6) is 0. The first-order chi connectivity index (χ1) is 10.3. The van der Waals surface area contributed by atoms with E-state index in [0.717, 1.165) is 6.42 Å². The largest absolute Gasteiger partial charge is 0.323 e. The molecule has 4 rings (SSSR count). The van der Waals surface area contributed by atoms with Crippen LogP contribution in [-0.2, 0) is 32.1 Å². The number of aryl methyl sites for hydroxylation is 4. The SMILES string of the molecule is NC(Cc1ccc2c(c1)CCC2)c1cc2c(s1)CCCC2. The Balaban J connectivity index is 1.52. The predicted octanol–water partition coefficient (Wildman–Crippen LogP) is 4.36. The molecule has 110 valence electrons. The summed E-state index contributed by atoms with van der Waals surface area (Å²) in [5.41, 5.74) is 12.6. The molecule has 21 heavy (non-hydrogen) atoms. The summed E-state index contributed by atoms with van der Waals surface area (Å²) in [6.45, 7) is 0. The molecule has 0 spiro atoms. The third-order valence-corrected chi connectivity index (χ3v) is 6.37. The fraction of sp³-hybridized carbons (Fsp3) is 0.474. The molecule has 1 unspecified atom stereocenters. The summed E-state index contributed by atoms with van der Waals surface area (Å²) in [7, 11) is 0. The molecule has 1 heterocycles. The van der Waals surface area contributed by atoms with Crippen molar-refractivity contribution in [2.75, 3.05) is 0 Å². The van der Waals surface area contributed by atoms with Gasteiger partial charge in [0.1, 0.15) is 0 Å². The van der Waals surface area contributed by atoms with E-state index in [1.165, 1.54) is 55.4 Å². The van der Waals surface area contributed by atoms with Crippen LogP contribution in [0.25, 0.3) is 0 Å². The normalized spacial score (nSPS) is 18.3. The molecule has 1 aromatic heterocycles. The molecule has 2 heteroatoms. The van der Waals surface area contributed by atoms with E-state index < -0.39 is 0 Å². The zero-order valence-corrected chi connectivity index (χ0v) is 13.3. The number of hydrogen-bond donors (Lipinski definition) is 1. The van der Waals surface area contributed by atoms with Gasteiger partial charge in [0.2, 0.25) is 0 Å². The van der Waals surface area contributed by atoms with Crippen molar-refractivity contribution in [3.8, 4) is 0 Å². The first kappa shape index (κ1) is 13.5.